The van der Waals surface area contributed by atoms with Crippen molar-refractivity contribution < 1.29 is 4.42 Å². The van der Waals surface area contributed by atoms with Crippen LogP contribution in [-0.2, 0) is 12.0 Å². The van der Waals surface area contributed by atoms with E-state index >= 15 is 0 Å². The molecule has 74 heavy (non-hydrogen) atoms. The number of benzene rings is 11. The van der Waals surface area contributed by atoms with E-state index in [1.54, 1.807) is 0 Å². The molecule has 2 aliphatic rings. The van der Waals surface area contributed by atoms with E-state index in [2.05, 4.69) is 212 Å². The topological polar surface area (TPSA) is 63.9 Å². The summed E-state index contributed by atoms with van der Waals surface area (Å²) in [6, 6.07) is 93.1. The number of furan rings is 1. The summed E-state index contributed by atoms with van der Waals surface area (Å²) >= 11 is 0. The summed E-state index contributed by atoms with van der Waals surface area (Å²) in [6.45, 7) is 0.366. The highest BCUT2D eigenvalue weighted by Crippen LogP contribution is 2.63. The lowest BCUT2D eigenvalue weighted by molar-refractivity contribution is 0.668. The largest absolute Gasteiger partial charge is 0.456 e. The van der Waals surface area contributed by atoms with Gasteiger partial charge in [0.25, 0.3) is 0 Å². The van der Waals surface area contributed by atoms with Crippen molar-refractivity contribution in [2.45, 2.75) is 12.0 Å². The molecule has 0 saturated heterocycles. The standard InChI is InChI=1S/C70H47N3O/c71-68(49-33-29-47(30-34-49)45-15-3-1-4-16-45)73-69(50-35-31-48(32-36-50)46-17-5-2-6-18-46)72-44-55-21-14-28-66-67(55)60-43-54(38-40-65(60)74-66)52-20-13-19-51(41-52)53-37-39-64-59(42-53)58-24-9-12-27-63(58)70(64)61-25-10-7-22-56(61)57-23-8-11-26-62(57)70/h1-43H,44H2,(H2,71,72,73). The van der Waals surface area contributed by atoms with Gasteiger partial charge in [-0.2, -0.15) is 0 Å². The minimum Gasteiger partial charge on any atom is -0.456 e. The lowest BCUT2D eigenvalue weighted by atomic mass is 9.70. The Labute approximate surface area is 430 Å². The summed E-state index contributed by atoms with van der Waals surface area (Å²) in [4.78, 5) is 10.3. The van der Waals surface area contributed by atoms with Gasteiger partial charge in [-0.3, -0.25) is 4.99 Å². The van der Waals surface area contributed by atoms with Gasteiger partial charge >= 0.3 is 0 Å². The Morgan fingerprint density at radius 2 is 0.824 bits per heavy atom. The molecule has 0 bridgehead atoms. The second-order valence-electron chi connectivity index (χ2n) is 19.4. The summed E-state index contributed by atoms with van der Waals surface area (Å²) in [5, 5.41) is 2.08. The monoisotopic (exact) mass is 945 g/mol. The number of nitrogens with two attached hydrogens (primary N) is 1. The molecule has 0 fully saturated rings. The summed E-state index contributed by atoms with van der Waals surface area (Å²) in [5.74, 6) is 0.952. The molecule has 348 valence electrons. The first kappa shape index (κ1) is 43.2. The van der Waals surface area contributed by atoms with E-state index in [0.717, 1.165) is 72.0 Å². The number of nitrogens with zero attached hydrogens (tertiary/aromatic N) is 2. The molecule has 11 aromatic carbocycles. The fourth-order valence-corrected chi connectivity index (χ4v) is 11.8. The van der Waals surface area contributed by atoms with Crippen molar-refractivity contribution in [2.75, 3.05) is 0 Å². The molecule has 2 aliphatic carbocycles. The number of aliphatic imine (C=N–C) groups is 2. The van der Waals surface area contributed by atoms with Gasteiger partial charge in [0.15, 0.2) is 5.84 Å². The third-order valence-corrected chi connectivity index (χ3v) is 15.3. The van der Waals surface area contributed by atoms with E-state index in [0.29, 0.717) is 18.2 Å². The first-order valence-electron chi connectivity index (χ1n) is 25.3. The Hall–Kier alpha value is -9.64. The summed E-state index contributed by atoms with van der Waals surface area (Å²) in [6.07, 6.45) is 0. The predicted octanol–water partition coefficient (Wildman–Crippen LogP) is 16.9. The maximum absolute atomic E-state index is 6.83. The van der Waals surface area contributed by atoms with Gasteiger partial charge in [0.1, 0.15) is 17.0 Å². The number of hydrogen-bond acceptors (Lipinski definition) is 2. The first-order valence-corrected chi connectivity index (χ1v) is 25.3. The van der Waals surface area contributed by atoms with Gasteiger partial charge in [-0.1, -0.05) is 231 Å². The van der Waals surface area contributed by atoms with Gasteiger partial charge in [0.05, 0.1) is 12.0 Å². The normalized spacial score (nSPS) is 13.2. The van der Waals surface area contributed by atoms with Crippen LogP contribution in [-0.4, -0.2) is 11.7 Å². The van der Waals surface area contributed by atoms with Gasteiger partial charge in [0, 0.05) is 21.9 Å². The van der Waals surface area contributed by atoms with E-state index in [1.165, 1.54) is 55.6 Å². The van der Waals surface area contributed by atoms with Crippen molar-refractivity contribution >= 4 is 33.6 Å². The minimum absolute atomic E-state index is 0.362. The quantitative estimate of drug-likeness (QED) is 0.122. The van der Waals surface area contributed by atoms with Crippen LogP contribution in [0.4, 0.5) is 0 Å². The summed E-state index contributed by atoms with van der Waals surface area (Å²) < 4.78 is 6.55. The van der Waals surface area contributed by atoms with Crippen molar-refractivity contribution in [3.63, 3.8) is 0 Å². The van der Waals surface area contributed by atoms with Gasteiger partial charge in [-0.05, 0) is 125 Å². The van der Waals surface area contributed by atoms with Crippen LogP contribution in [0.25, 0.3) is 88.7 Å². The summed E-state index contributed by atoms with van der Waals surface area (Å²) in [5.41, 5.74) is 30.6. The molecular formula is C70H47N3O. The van der Waals surface area contributed by atoms with Crippen molar-refractivity contribution in [1.29, 1.82) is 0 Å². The maximum atomic E-state index is 6.83. The minimum atomic E-state index is -0.362. The molecule has 12 aromatic rings. The fourth-order valence-electron chi connectivity index (χ4n) is 11.8. The van der Waals surface area contributed by atoms with Crippen LogP contribution in [0.2, 0.25) is 0 Å². The van der Waals surface area contributed by atoms with Gasteiger partial charge in [-0.15, -0.1) is 0 Å². The third kappa shape index (κ3) is 7.06. The Morgan fingerprint density at radius 3 is 1.45 bits per heavy atom. The molecule has 1 heterocycles. The first-order chi connectivity index (χ1) is 36.6. The Bertz CT molecular complexity index is 4160. The van der Waals surface area contributed by atoms with Crippen LogP contribution in [0, 0.1) is 0 Å². The Balaban J connectivity index is 0.819. The van der Waals surface area contributed by atoms with Gasteiger partial charge in [-0.25, -0.2) is 4.99 Å². The van der Waals surface area contributed by atoms with Crippen molar-refractivity contribution in [3.05, 3.63) is 300 Å². The molecule has 0 unspecified atom stereocenters. The lowest BCUT2D eigenvalue weighted by Gasteiger charge is -2.30. The smallest absolute Gasteiger partial charge is 0.157 e. The average molecular weight is 946 g/mol. The molecule has 1 aromatic heterocycles. The second-order valence-corrected chi connectivity index (χ2v) is 19.4. The van der Waals surface area contributed by atoms with E-state index in [1.807, 2.05) is 48.5 Å². The molecule has 14 rings (SSSR count). The van der Waals surface area contributed by atoms with Gasteiger partial charge < -0.3 is 10.2 Å². The maximum Gasteiger partial charge on any atom is 0.157 e. The van der Waals surface area contributed by atoms with Crippen LogP contribution < -0.4 is 5.73 Å². The van der Waals surface area contributed by atoms with Crippen LogP contribution >= 0.6 is 0 Å². The van der Waals surface area contributed by atoms with Gasteiger partial charge in [0.2, 0.25) is 0 Å². The molecule has 2 N–H and O–H groups in total. The van der Waals surface area contributed by atoms with Crippen molar-refractivity contribution in [3.8, 4) is 66.8 Å². The SMILES string of the molecule is N/C(=N\C(=N/Cc1cccc2oc3ccc(-c4cccc(-c5ccc6c(c5)-c5ccccc5C65c6ccccc6-c6ccccc65)c4)cc3c12)c1ccc(-c2ccccc2)cc1)c1ccc(-c2ccccc2)cc1. The number of amidine groups is 2. The zero-order valence-corrected chi connectivity index (χ0v) is 40.4. The molecular weight excluding hydrogens is 899 g/mol. The van der Waals surface area contributed by atoms with Crippen LogP contribution in [0.15, 0.2) is 275 Å². The molecule has 1 spiro atoms. The van der Waals surface area contributed by atoms with Crippen molar-refractivity contribution in [2.24, 2.45) is 15.7 Å². The molecule has 0 aliphatic heterocycles. The zero-order valence-electron chi connectivity index (χ0n) is 40.4. The van der Waals surface area contributed by atoms with Crippen LogP contribution in [0.5, 0.6) is 0 Å². The highest BCUT2D eigenvalue weighted by atomic mass is 16.3. The van der Waals surface area contributed by atoms with Crippen LogP contribution in [0.3, 0.4) is 0 Å². The van der Waals surface area contributed by atoms with E-state index in [4.69, 9.17) is 20.1 Å². The van der Waals surface area contributed by atoms with E-state index < -0.39 is 0 Å². The third-order valence-electron chi connectivity index (χ3n) is 15.3. The second kappa shape index (κ2) is 17.6. The highest BCUT2D eigenvalue weighted by molar-refractivity contribution is 6.12. The van der Waals surface area contributed by atoms with Crippen LogP contribution in [0.1, 0.15) is 38.9 Å². The predicted molar refractivity (Wildman–Crippen MR) is 306 cm³/mol. The molecule has 4 heteroatoms. The number of hydrogen-bond donors (Lipinski definition) is 1. The number of rotatable bonds is 8. The molecule has 0 amide bonds. The Kier molecular flexibility index (Phi) is 10.3. The molecule has 0 saturated carbocycles. The zero-order chi connectivity index (χ0) is 49.2. The lowest BCUT2D eigenvalue weighted by Crippen LogP contribution is -2.25. The molecule has 0 atom stereocenters. The summed E-state index contributed by atoms with van der Waals surface area (Å²) in [7, 11) is 0. The average Bonchev–Trinajstić information content (AvgIpc) is 4.15. The molecule has 4 nitrogen and oxygen atoms in total. The Morgan fingerprint density at radius 1 is 0.365 bits per heavy atom. The van der Waals surface area contributed by atoms with E-state index in [9.17, 15) is 0 Å². The molecule has 0 radical (unpaired) electrons. The van der Waals surface area contributed by atoms with Crippen molar-refractivity contribution in [1.82, 2.24) is 0 Å². The number of fused-ring (bicyclic) bond motifs is 13. The fraction of sp³-hybridized carbons (Fsp3) is 0.0286. The highest BCUT2D eigenvalue weighted by Gasteiger charge is 2.51. The van der Waals surface area contributed by atoms with E-state index in [-0.39, 0.29) is 5.41 Å².